The molecule has 1 unspecified atom stereocenters. The molecule has 2 fully saturated rings. The second-order valence-corrected chi connectivity index (χ2v) is 4.05. The molecule has 0 saturated carbocycles. The molecule has 0 aromatic carbocycles. The largest absolute Gasteiger partial charge is 0.371 e. The van der Waals surface area contributed by atoms with Gasteiger partial charge in [-0.05, 0) is 26.4 Å². The molecule has 0 aromatic rings. The van der Waals surface area contributed by atoms with Gasteiger partial charge in [-0.1, -0.05) is 13.8 Å². The fraction of sp³-hybridized carbons (Fsp3) is 1.00. The molecular weight excluding hydrogens is 176 g/mol. The minimum Gasteiger partial charge on any atom is -0.371 e. The summed E-state index contributed by atoms with van der Waals surface area (Å²) in [5.74, 6) is 0. The van der Waals surface area contributed by atoms with Crippen LogP contribution in [0, 0.1) is 0 Å². The molecule has 1 spiro atoms. The van der Waals surface area contributed by atoms with Crippen LogP contribution in [0.3, 0.4) is 0 Å². The third-order valence-electron chi connectivity index (χ3n) is 2.86. The normalized spacial score (nSPS) is 33.6. The third-order valence-corrected chi connectivity index (χ3v) is 2.86. The van der Waals surface area contributed by atoms with Crippen LogP contribution in [0.15, 0.2) is 0 Å². The fourth-order valence-corrected chi connectivity index (χ4v) is 2.29. The van der Waals surface area contributed by atoms with Gasteiger partial charge in [0.05, 0.1) is 12.2 Å². The molecule has 0 aromatic heterocycles. The van der Waals surface area contributed by atoms with Gasteiger partial charge in [0.1, 0.15) is 0 Å². The van der Waals surface area contributed by atoms with Crippen LogP contribution in [-0.4, -0.2) is 50.3 Å². The predicted octanol–water partition coefficient (Wildman–Crippen LogP) is 1.10. The van der Waals surface area contributed by atoms with Gasteiger partial charge in [-0.15, -0.1) is 0 Å². The van der Waals surface area contributed by atoms with E-state index < -0.39 is 0 Å². The van der Waals surface area contributed by atoms with Gasteiger partial charge < -0.3 is 15.0 Å². The highest BCUT2D eigenvalue weighted by atomic mass is 16.5. The maximum absolute atomic E-state index is 5.87. The van der Waals surface area contributed by atoms with Crippen LogP contribution in [0.1, 0.15) is 26.7 Å². The van der Waals surface area contributed by atoms with Gasteiger partial charge in [-0.2, -0.15) is 0 Å². The van der Waals surface area contributed by atoms with E-state index in [1.54, 1.807) is 0 Å². The zero-order valence-corrected chi connectivity index (χ0v) is 9.81. The topological polar surface area (TPSA) is 24.5 Å². The highest BCUT2D eigenvalue weighted by molar-refractivity contribution is 4.91. The lowest BCUT2D eigenvalue weighted by Crippen LogP contribution is -2.57. The number of hydrogen-bond donors (Lipinski definition) is 1. The van der Waals surface area contributed by atoms with Gasteiger partial charge in [0.25, 0.3) is 0 Å². The lowest BCUT2D eigenvalue weighted by Gasteiger charge is -2.43. The summed E-state index contributed by atoms with van der Waals surface area (Å²) in [6.45, 7) is 9.27. The number of hydrogen-bond acceptors (Lipinski definition) is 3. The maximum Gasteiger partial charge on any atom is 0.0933 e. The Kier molecular flexibility index (Phi) is 4.85. The van der Waals surface area contributed by atoms with Crippen LogP contribution in [-0.2, 0) is 4.74 Å². The van der Waals surface area contributed by atoms with Crippen molar-refractivity contribution in [1.82, 2.24) is 10.2 Å². The molecular formula is C11H24N2O. The molecule has 1 atom stereocenters. The first-order valence-electron chi connectivity index (χ1n) is 5.84. The Morgan fingerprint density at radius 3 is 2.71 bits per heavy atom. The molecule has 2 rings (SSSR count). The average molecular weight is 200 g/mol. The van der Waals surface area contributed by atoms with Gasteiger partial charge in [-0.25, -0.2) is 0 Å². The number of ether oxygens (including phenoxy) is 1. The Balaban J connectivity index is 0.000000461. The van der Waals surface area contributed by atoms with E-state index in [9.17, 15) is 0 Å². The van der Waals surface area contributed by atoms with Crippen LogP contribution in [0.5, 0.6) is 0 Å². The van der Waals surface area contributed by atoms with E-state index >= 15 is 0 Å². The standard InChI is InChI=1S/C9H18N2O.C2H6/c1-11-5-2-3-9(8-11)7-10-4-6-12-9;1-2/h10H,2-8H2,1H3;1-2H3. The van der Waals surface area contributed by atoms with Crippen molar-refractivity contribution in [3.8, 4) is 0 Å². The lowest BCUT2D eigenvalue weighted by atomic mass is 9.92. The fourth-order valence-electron chi connectivity index (χ4n) is 2.29. The number of piperidine rings is 1. The molecule has 1 N–H and O–H groups in total. The molecule has 2 heterocycles. The molecule has 0 bridgehead atoms. The Morgan fingerprint density at radius 2 is 2.14 bits per heavy atom. The molecule has 2 aliphatic heterocycles. The molecule has 3 nitrogen and oxygen atoms in total. The molecule has 0 amide bonds. The number of likely N-dealkylation sites (tertiary alicyclic amines) is 1. The first-order valence-corrected chi connectivity index (χ1v) is 5.84. The molecule has 0 radical (unpaired) electrons. The van der Waals surface area contributed by atoms with E-state index in [2.05, 4.69) is 17.3 Å². The highest BCUT2D eigenvalue weighted by Crippen LogP contribution is 2.25. The van der Waals surface area contributed by atoms with Crippen LogP contribution in [0.2, 0.25) is 0 Å². The second kappa shape index (κ2) is 5.69. The van der Waals surface area contributed by atoms with Crippen molar-refractivity contribution < 1.29 is 4.74 Å². The monoisotopic (exact) mass is 200 g/mol. The van der Waals surface area contributed by atoms with E-state index in [-0.39, 0.29) is 5.60 Å². The summed E-state index contributed by atoms with van der Waals surface area (Å²) in [6.07, 6.45) is 2.50. The van der Waals surface area contributed by atoms with E-state index in [0.717, 1.165) is 26.2 Å². The quantitative estimate of drug-likeness (QED) is 0.633. The van der Waals surface area contributed by atoms with Crippen molar-refractivity contribution in [1.29, 1.82) is 0 Å². The third kappa shape index (κ3) is 2.94. The first kappa shape index (κ1) is 12.0. The lowest BCUT2D eigenvalue weighted by molar-refractivity contribution is -0.101. The Bertz CT molecular complexity index is 150. The summed E-state index contributed by atoms with van der Waals surface area (Å²) >= 11 is 0. The van der Waals surface area contributed by atoms with Gasteiger partial charge in [0, 0.05) is 19.6 Å². The maximum atomic E-state index is 5.87. The van der Waals surface area contributed by atoms with Crippen LogP contribution >= 0.6 is 0 Å². The summed E-state index contributed by atoms with van der Waals surface area (Å²) in [5.41, 5.74) is 0.144. The first-order chi connectivity index (χ1) is 6.81. The van der Waals surface area contributed by atoms with E-state index in [4.69, 9.17) is 4.74 Å². The summed E-state index contributed by atoms with van der Waals surface area (Å²) in [5, 5.41) is 3.41. The molecule has 2 aliphatic rings. The predicted molar refractivity (Wildman–Crippen MR) is 59.6 cm³/mol. The van der Waals surface area contributed by atoms with Crippen molar-refractivity contribution in [3.63, 3.8) is 0 Å². The number of nitrogens with one attached hydrogen (secondary N) is 1. The van der Waals surface area contributed by atoms with E-state index in [1.165, 1.54) is 19.4 Å². The highest BCUT2D eigenvalue weighted by Gasteiger charge is 2.36. The zero-order chi connectivity index (χ0) is 10.4. The van der Waals surface area contributed by atoms with Crippen molar-refractivity contribution in [3.05, 3.63) is 0 Å². The Morgan fingerprint density at radius 1 is 1.36 bits per heavy atom. The second-order valence-electron chi connectivity index (χ2n) is 4.05. The molecule has 2 saturated heterocycles. The molecule has 0 aliphatic carbocycles. The van der Waals surface area contributed by atoms with Crippen LogP contribution in [0.25, 0.3) is 0 Å². The minimum absolute atomic E-state index is 0.144. The van der Waals surface area contributed by atoms with Crippen LogP contribution < -0.4 is 5.32 Å². The SMILES string of the molecule is CC.CN1CCCC2(CNCCO2)C1. The van der Waals surface area contributed by atoms with E-state index in [0.29, 0.717) is 0 Å². The number of nitrogens with zero attached hydrogens (tertiary/aromatic N) is 1. The Labute approximate surface area is 87.8 Å². The number of morpholine rings is 1. The van der Waals surface area contributed by atoms with Crippen molar-refractivity contribution >= 4 is 0 Å². The van der Waals surface area contributed by atoms with Crippen molar-refractivity contribution in [2.24, 2.45) is 0 Å². The van der Waals surface area contributed by atoms with Crippen molar-refractivity contribution in [2.75, 3.05) is 39.8 Å². The molecule has 3 heteroatoms. The van der Waals surface area contributed by atoms with E-state index in [1.807, 2.05) is 13.8 Å². The Hall–Kier alpha value is -0.120. The van der Waals surface area contributed by atoms with Gasteiger partial charge in [-0.3, -0.25) is 0 Å². The van der Waals surface area contributed by atoms with Gasteiger partial charge >= 0.3 is 0 Å². The minimum atomic E-state index is 0.144. The molecule has 14 heavy (non-hydrogen) atoms. The zero-order valence-electron chi connectivity index (χ0n) is 9.81. The summed E-state index contributed by atoms with van der Waals surface area (Å²) in [7, 11) is 2.18. The average Bonchev–Trinajstić information content (AvgIpc) is 2.21. The van der Waals surface area contributed by atoms with Gasteiger partial charge in [0.15, 0.2) is 0 Å². The smallest absolute Gasteiger partial charge is 0.0933 e. The molecule has 84 valence electrons. The van der Waals surface area contributed by atoms with Gasteiger partial charge in [0.2, 0.25) is 0 Å². The summed E-state index contributed by atoms with van der Waals surface area (Å²) in [4.78, 5) is 2.37. The number of likely N-dealkylation sites (N-methyl/N-ethyl adjacent to an activating group) is 1. The summed E-state index contributed by atoms with van der Waals surface area (Å²) in [6, 6.07) is 0. The summed E-state index contributed by atoms with van der Waals surface area (Å²) < 4.78 is 5.87. The van der Waals surface area contributed by atoms with Crippen molar-refractivity contribution in [2.45, 2.75) is 32.3 Å². The van der Waals surface area contributed by atoms with Crippen LogP contribution in [0.4, 0.5) is 0 Å². The number of rotatable bonds is 0.